The maximum absolute atomic E-state index is 5.78. The average molecular weight is 255 g/mol. The van der Waals surface area contributed by atoms with Crippen molar-refractivity contribution < 1.29 is 4.74 Å². The maximum atomic E-state index is 5.78. The fourth-order valence-electron chi connectivity index (χ4n) is 2.09. The number of rotatable bonds is 6. The fraction of sp³-hybridized carbons (Fsp3) is 0.600. The van der Waals surface area contributed by atoms with Gasteiger partial charge in [-0.15, -0.1) is 11.6 Å². The lowest BCUT2D eigenvalue weighted by Crippen LogP contribution is -2.03. The van der Waals surface area contributed by atoms with E-state index in [-0.39, 0.29) is 0 Å². The van der Waals surface area contributed by atoms with Gasteiger partial charge in [-0.1, -0.05) is 6.92 Å². The molecule has 96 valence electrons. The van der Waals surface area contributed by atoms with E-state index in [1.807, 2.05) is 0 Å². The summed E-state index contributed by atoms with van der Waals surface area (Å²) >= 11 is 5.77. The lowest BCUT2D eigenvalue weighted by molar-refractivity contribution is 0.315. The first-order valence-electron chi connectivity index (χ1n) is 6.40. The molecule has 17 heavy (non-hydrogen) atoms. The molecule has 0 radical (unpaired) electrons. The summed E-state index contributed by atoms with van der Waals surface area (Å²) in [6, 6.07) is 2.17. The molecule has 0 amide bonds. The summed E-state index contributed by atoms with van der Waals surface area (Å²) in [5.74, 6) is 1.77. The van der Waals surface area contributed by atoms with E-state index in [2.05, 4.69) is 33.8 Å². The molecule has 0 bridgehead atoms. The van der Waals surface area contributed by atoms with Crippen LogP contribution in [0.1, 0.15) is 42.0 Å². The van der Waals surface area contributed by atoms with Gasteiger partial charge in [0.1, 0.15) is 5.75 Å². The van der Waals surface area contributed by atoms with E-state index in [0.717, 1.165) is 37.5 Å². The monoisotopic (exact) mass is 254 g/mol. The number of benzene rings is 1. The van der Waals surface area contributed by atoms with Gasteiger partial charge in [0.15, 0.2) is 0 Å². The molecule has 1 aromatic rings. The molecule has 0 aliphatic heterocycles. The van der Waals surface area contributed by atoms with Crippen molar-refractivity contribution in [3.05, 3.63) is 28.3 Å². The van der Waals surface area contributed by atoms with Gasteiger partial charge >= 0.3 is 0 Å². The lowest BCUT2D eigenvalue weighted by Gasteiger charge is -2.17. The molecule has 0 unspecified atom stereocenters. The van der Waals surface area contributed by atoms with E-state index in [1.54, 1.807) is 0 Å². The zero-order chi connectivity index (χ0) is 12.8. The number of halogens is 1. The van der Waals surface area contributed by atoms with Gasteiger partial charge in [-0.05, 0) is 68.4 Å². The Hall–Kier alpha value is -0.690. The van der Waals surface area contributed by atoms with Gasteiger partial charge in [-0.3, -0.25) is 0 Å². The van der Waals surface area contributed by atoms with Crippen molar-refractivity contribution in [1.82, 2.24) is 0 Å². The molecule has 0 N–H and O–H groups in total. The Morgan fingerprint density at radius 3 is 2.47 bits per heavy atom. The second-order valence-electron chi connectivity index (χ2n) is 4.56. The molecule has 0 heterocycles. The highest BCUT2D eigenvalue weighted by molar-refractivity contribution is 6.17. The molecule has 0 fully saturated rings. The van der Waals surface area contributed by atoms with Gasteiger partial charge in [0.25, 0.3) is 0 Å². The van der Waals surface area contributed by atoms with Gasteiger partial charge in [0.2, 0.25) is 0 Å². The molecule has 0 atom stereocenters. The number of hydrogen-bond acceptors (Lipinski definition) is 1. The largest absolute Gasteiger partial charge is 0.493 e. The molecule has 0 saturated heterocycles. The van der Waals surface area contributed by atoms with E-state index in [4.69, 9.17) is 16.3 Å². The summed E-state index contributed by atoms with van der Waals surface area (Å²) in [7, 11) is 0. The standard InChI is InChI=1S/C15H23ClO/c1-5-9-17-15-10-11(2)14(7-6-8-16)12(3)13(15)4/h10H,5-9H2,1-4H3. The van der Waals surface area contributed by atoms with Gasteiger partial charge in [-0.25, -0.2) is 0 Å². The summed E-state index contributed by atoms with van der Waals surface area (Å²) in [5.41, 5.74) is 5.39. The Labute approximate surface area is 110 Å². The van der Waals surface area contributed by atoms with Crippen LogP contribution in [0.4, 0.5) is 0 Å². The van der Waals surface area contributed by atoms with Crippen molar-refractivity contribution in [1.29, 1.82) is 0 Å². The Morgan fingerprint density at radius 1 is 1.18 bits per heavy atom. The van der Waals surface area contributed by atoms with Crippen molar-refractivity contribution in [2.45, 2.75) is 47.0 Å². The van der Waals surface area contributed by atoms with Crippen molar-refractivity contribution in [3.63, 3.8) is 0 Å². The highest BCUT2D eigenvalue weighted by Gasteiger charge is 2.10. The first-order chi connectivity index (χ1) is 8.11. The van der Waals surface area contributed by atoms with Crippen LogP contribution in [-0.4, -0.2) is 12.5 Å². The number of aryl methyl sites for hydroxylation is 1. The van der Waals surface area contributed by atoms with Crippen LogP contribution in [-0.2, 0) is 6.42 Å². The van der Waals surface area contributed by atoms with E-state index in [9.17, 15) is 0 Å². The van der Waals surface area contributed by atoms with Crippen LogP contribution >= 0.6 is 11.6 Å². The summed E-state index contributed by atoms with van der Waals surface area (Å²) in [6.07, 6.45) is 3.15. The van der Waals surface area contributed by atoms with Crippen molar-refractivity contribution in [3.8, 4) is 5.75 Å². The summed E-state index contributed by atoms with van der Waals surface area (Å²) < 4.78 is 5.78. The molecular weight excluding hydrogens is 232 g/mol. The molecular formula is C15H23ClO. The van der Waals surface area contributed by atoms with E-state index >= 15 is 0 Å². The van der Waals surface area contributed by atoms with Gasteiger partial charge in [0, 0.05) is 5.88 Å². The zero-order valence-electron chi connectivity index (χ0n) is 11.4. The number of alkyl halides is 1. The molecule has 0 aliphatic carbocycles. The summed E-state index contributed by atoms with van der Waals surface area (Å²) in [4.78, 5) is 0. The Balaban J connectivity index is 2.99. The summed E-state index contributed by atoms with van der Waals surface area (Å²) in [5, 5.41) is 0. The minimum absolute atomic E-state index is 0.728. The van der Waals surface area contributed by atoms with Crippen molar-refractivity contribution >= 4 is 11.6 Å². The molecule has 1 nitrogen and oxygen atoms in total. The van der Waals surface area contributed by atoms with Crippen LogP contribution in [0.2, 0.25) is 0 Å². The smallest absolute Gasteiger partial charge is 0.122 e. The first-order valence-corrected chi connectivity index (χ1v) is 6.93. The highest BCUT2D eigenvalue weighted by atomic mass is 35.5. The Bertz CT molecular complexity index is 372. The van der Waals surface area contributed by atoms with Gasteiger partial charge < -0.3 is 4.74 Å². The highest BCUT2D eigenvalue weighted by Crippen LogP contribution is 2.28. The topological polar surface area (TPSA) is 9.23 Å². The van der Waals surface area contributed by atoms with Crippen LogP contribution in [0.25, 0.3) is 0 Å². The third-order valence-electron chi connectivity index (χ3n) is 3.23. The molecule has 1 aromatic carbocycles. The molecule has 2 heteroatoms. The number of hydrogen-bond donors (Lipinski definition) is 0. The second kappa shape index (κ2) is 6.90. The van der Waals surface area contributed by atoms with Crippen LogP contribution in [0.3, 0.4) is 0 Å². The van der Waals surface area contributed by atoms with Crippen molar-refractivity contribution in [2.75, 3.05) is 12.5 Å². The predicted octanol–water partition coefficient (Wildman–Crippen LogP) is 4.57. The van der Waals surface area contributed by atoms with Crippen molar-refractivity contribution in [2.24, 2.45) is 0 Å². The molecule has 1 rings (SSSR count). The van der Waals surface area contributed by atoms with E-state index in [1.165, 1.54) is 22.3 Å². The quantitative estimate of drug-likeness (QED) is 0.676. The number of ether oxygens (including phenoxy) is 1. The Kier molecular flexibility index (Phi) is 5.84. The minimum Gasteiger partial charge on any atom is -0.493 e. The molecule has 0 aromatic heterocycles. The van der Waals surface area contributed by atoms with E-state index in [0.29, 0.717) is 0 Å². The Morgan fingerprint density at radius 2 is 1.88 bits per heavy atom. The van der Waals surface area contributed by atoms with Gasteiger partial charge in [-0.2, -0.15) is 0 Å². The SMILES string of the molecule is CCCOc1cc(C)c(CCCCl)c(C)c1C. The van der Waals surface area contributed by atoms with Crippen LogP contribution in [0.5, 0.6) is 5.75 Å². The third-order valence-corrected chi connectivity index (χ3v) is 3.50. The summed E-state index contributed by atoms with van der Waals surface area (Å²) in [6.45, 7) is 9.41. The molecule has 0 aliphatic rings. The minimum atomic E-state index is 0.728. The van der Waals surface area contributed by atoms with Crippen LogP contribution < -0.4 is 4.74 Å². The molecule has 0 saturated carbocycles. The third kappa shape index (κ3) is 3.64. The van der Waals surface area contributed by atoms with Crippen LogP contribution in [0.15, 0.2) is 6.07 Å². The first kappa shape index (κ1) is 14.4. The normalized spacial score (nSPS) is 10.6. The molecule has 0 spiro atoms. The van der Waals surface area contributed by atoms with Gasteiger partial charge in [0.05, 0.1) is 6.61 Å². The van der Waals surface area contributed by atoms with E-state index < -0.39 is 0 Å². The average Bonchev–Trinajstić information content (AvgIpc) is 2.32. The predicted molar refractivity (Wildman–Crippen MR) is 75.5 cm³/mol. The maximum Gasteiger partial charge on any atom is 0.122 e. The fourth-order valence-corrected chi connectivity index (χ4v) is 2.22. The second-order valence-corrected chi connectivity index (χ2v) is 4.94. The van der Waals surface area contributed by atoms with Crippen LogP contribution in [0, 0.1) is 20.8 Å². The zero-order valence-corrected chi connectivity index (χ0v) is 12.2. The lowest BCUT2D eigenvalue weighted by atomic mass is 9.94.